The maximum absolute atomic E-state index is 12.2. The molecule has 1 rings (SSSR count). The number of aromatic nitrogens is 3. The molecule has 0 spiro atoms. The molecular formula is C48H87N11O23. The maximum atomic E-state index is 12.2. The second-order valence-electron chi connectivity index (χ2n) is 17.5. The summed E-state index contributed by atoms with van der Waals surface area (Å²) in [6, 6.07) is -0.865. The Morgan fingerprint density at radius 2 is 0.695 bits per heavy atom. The van der Waals surface area contributed by atoms with Gasteiger partial charge < -0.3 is 117 Å². The lowest BCUT2D eigenvalue weighted by Gasteiger charge is -2.26. The predicted molar refractivity (Wildman–Crippen MR) is 281 cm³/mol. The SMILES string of the molecule is CCCCCCCCOCc1cn(C(COC(COCC(COC(=O)CN)OC(=O)CN)COCC(COC(=O)CN)OC(=O)CN)COC(COCC(COC(=O)CN)OC(=O)CN)COCC(COC(=O)CN)OC(=O)CN)nn1. The third kappa shape index (κ3) is 37.4. The molecule has 1 aromatic heterocycles. The van der Waals surface area contributed by atoms with Crippen molar-refractivity contribution >= 4 is 47.8 Å². The van der Waals surface area contributed by atoms with E-state index >= 15 is 0 Å². The normalized spacial score (nSPS) is 13.8. The number of hydrogen-bond acceptors (Lipinski definition) is 33. The van der Waals surface area contributed by atoms with Crippen molar-refractivity contribution in [2.45, 2.75) is 94.7 Å². The third-order valence-electron chi connectivity index (χ3n) is 10.5. The summed E-state index contributed by atoms with van der Waals surface area (Å²) in [6.45, 7) is -5.89. The van der Waals surface area contributed by atoms with Crippen molar-refractivity contribution in [3.05, 3.63) is 11.9 Å². The van der Waals surface area contributed by atoms with Crippen LogP contribution in [0.2, 0.25) is 0 Å². The molecule has 0 saturated heterocycles. The highest BCUT2D eigenvalue weighted by molar-refractivity contribution is 5.74. The topological polar surface area (TPSA) is 514 Å². The average molecular weight is 1190 g/mol. The number of hydrogen-bond donors (Lipinski definition) is 8. The van der Waals surface area contributed by atoms with Crippen LogP contribution < -0.4 is 45.9 Å². The van der Waals surface area contributed by atoms with Gasteiger partial charge in [0.05, 0.1) is 131 Å². The minimum atomic E-state index is -1.14. The first-order valence-electron chi connectivity index (χ1n) is 26.6. The van der Waals surface area contributed by atoms with Crippen molar-refractivity contribution in [3.63, 3.8) is 0 Å². The third-order valence-corrected chi connectivity index (χ3v) is 10.5. The van der Waals surface area contributed by atoms with Gasteiger partial charge in [0.2, 0.25) is 0 Å². The molecule has 0 aliphatic rings. The number of nitrogens with two attached hydrogens (primary N) is 8. The van der Waals surface area contributed by atoms with Crippen molar-refractivity contribution in [3.8, 4) is 0 Å². The fourth-order valence-electron chi connectivity index (χ4n) is 6.41. The Kier molecular flexibility index (Phi) is 43.3. The van der Waals surface area contributed by atoms with Gasteiger partial charge in [0.1, 0.15) is 50.4 Å². The number of esters is 8. The number of unbranched alkanes of at least 4 members (excludes halogenated alkanes) is 5. The van der Waals surface area contributed by atoms with Gasteiger partial charge in [0, 0.05) is 6.61 Å². The predicted octanol–water partition coefficient (Wildman–Crippen LogP) is -5.98. The van der Waals surface area contributed by atoms with Crippen LogP contribution in [0.25, 0.3) is 0 Å². The van der Waals surface area contributed by atoms with Crippen LogP contribution in [0, 0.1) is 0 Å². The number of carbonyl (C=O) groups excluding carboxylic acids is 8. The molecule has 16 N–H and O–H groups in total. The molecule has 4 unspecified atom stereocenters. The fourth-order valence-corrected chi connectivity index (χ4v) is 6.41. The first kappa shape index (κ1) is 74.3. The molecular weight excluding hydrogens is 1100 g/mol. The highest BCUT2D eigenvalue weighted by atomic mass is 16.6. The molecule has 4 atom stereocenters. The highest BCUT2D eigenvalue weighted by Crippen LogP contribution is 2.15. The maximum Gasteiger partial charge on any atom is 0.320 e. The van der Waals surface area contributed by atoms with E-state index in [4.69, 9.17) is 117 Å². The van der Waals surface area contributed by atoms with Crippen LogP contribution in [0.3, 0.4) is 0 Å². The molecule has 1 heterocycles. The van der Waals surface area contributed by atoms with Gasteiger partial charge in [-0.05, 0) is 6.42 Å². The summed E-state index contributed by atoms with van der Waals surface area (Å²) in [5, 5.41) is 8.63. The minimum Gasteiger partial charge on any atom is -0.461 e. The number of rotatable bonds is 52. The number of ether oxygens (including phenoxy) is 15. The molecule has 0 fully saturated rings. The van der Waals surface area contributed by atoms with Crippen molar-refractivity contribution in [1.29, 1.82) is 0 Å². The summed E-state index contributed by atoms with van der Waals surface area (Å²) in [5.74, 6) is -6.46. The Bertz CT molecular complexity index is 1740. The van der Waals surface area contributed by atoms with Crippen LogP contribution in [0.15, 0.2) is 6.20 Å². The molecule has 82 heavy (non-hydrogen) atoms. The molecule has 0 bridgehead atoms. The van der Waals surface area contributed by atoms with E-state index in [0.717, 1.165) is 38.5 Å². The van der Waals surface area contributed by atoms with E-state index in [1.54, 1.807) is 6.20 Å². The van der Waals surface area contributed by atoms with Crippen LogP contribution >= 0.6 is 0 Å². The summed E-state index contributed by atoms with van der Waals surface area (Å²) < 4.78 is 85.2. The lowest BCUT2D eigenvalue weighted by Crippen LogP contribution is -2.38. The van der Waals surface area contributed by atoms with Gasteiger partial charge in [-0.1, -0.05) is 44.2 Å². The zero-order valence-electron chi connectivity index (χ0n) is 46.7. The molecule has 0 aromatic carbocycles. The van der Waals surface area contributed by atoms with Gasteiger partial charge in [-0.25, -0.2) is 4.68 Å². The Morgan fingerprint density at radius 3 is 1.01 bits per heavy atom. The highest BCUT2D eigenvalue weighted by Gasteiger charge is 2.26. The average Bonchev–Trinajstić information content (AvgIpc) is 3.96. The summed E-state index contributed by atoms with van der Waals surface area (Å²) in [6.07, 6.45) is 1.34. The molecule has 34 nitrogen and oxygen atoms in total. The number of carbonyl (C=O) groups is 8. The van der Waals surface area contributed by atoms with Crippen molar-refractivity contribution in [2.75, 3.05) is 151 Å². The molecule has 0 aliphatic carbocycles. The van der Waals surface area contributed by atoms with E-state index < -0.39 is 169 Å². The summed E-state index contributed by atoms with van der Waals surface area (Å²) in [5.41, 5.74) is 43.7. The van der Waals surface area contributed by atoms with E-state index in [1.807, 2.05) is 0 Å². The molecule has 0 radical (unpaired) electrons. The Morgan fingerprint density at radius 1 is 0.390 bits per heavy atom. The van der Waals surface area contributed by atoms with Crippen molar-refractivity contribution in [2.24, 2.45) is 45.9 Å². The molecule has 34 heteroatoms. The van der Waals surface area contributed by atoms with Crippen LogP contribution in [-0.2, 0) is 116 Å². The fraction of sp³-hybridized carbons (Fsp3) is 0.792. The minimum absolute atomic E-state index is 0.109. The van der Waals surface area contributed by atoms with E-state index in [9.17, 15) is 38.4 Å². The van der Waals surface area contributed by atoms with Crippen molar-refractivity contribution < 1.29 is 109 Å². The van der Waals surface area contributed by atoms with Gasteiger partial charge in [-0.2, -0.15) is 0 Å². The lowest BCUT2D eigenvalue weighted by molar-refractivity contribution is -0.165. The quantitative estimate of drug-likeness (QED) is 0.0171. The standard InChI is InChI=1S/C48H87N11O23/c1-2-3-4-5-6-7-8-68-18-33-17-59(58-57-33)34(19-73-35(21-69-25-37(79-45(64)13-53)29-75-41(60)9-49)22-70-26-38(80-46(65)14-54)30-76-42(61)10-50)20-74-36(23-71-27-39(81-47(66)15-55)31-77-43(62)11-51)24-72-28-40(82-48(67)16-56)32-78-44(63)12-52/h17,34-40H,2-16,18-32,49-56H2,1H3. The zero-order chi connectivity index (χ0) is 60.8. The van der Waals surface area contributed by atoms with E-state index in [1.165, 1.54) is 4.68 Å². The van der Waals surface area contributed by atoms with Crippen LogP contribution in [-0.4, -0.2) is 251 Å². The van der Waals surface area contributed by atoms with E-state index in [2.05, 4.69) is 17.2 Å². The zero-order valence-corrected chi connectivity index (χ0v) is 46.7. The second-order valence-corrected chi connectivity index (χ2v) is 17.5. The smallest absolute Gasteiger partial charge is 0.320 e. The van der Waals surface area contributed by atoms with Crippen LogP contribution in [0.4, 0.5) is 0 Å². The lowest BCUT2D eigenvalue weighted by atomic mass is 10.1. The van der Waals surface area contributed by atoms with Crippen LogP contribution in [0.5, 0.6) is 0 Å². The van der Waals surface area contributed by atoms with E-state index in [0.29, 0.717) is 12.3 Å². The van der Waals surface area contributed by atoms with Gasteiger partial charge in [0.15, 0.2) is 24.4 Å². The van der Waals surface area contributed by atoms with Crippen LogP contribution in [0.1, 0.15) is 57.2 Å². The largest absolute Gasteiger partial charge is 0.461 e. The summed E-state index contributed by atoms with van der Waals surface area (Å²) in [4.78, 5) is 96.2. The molecule has 0 amide bonds. The Balaban J connectivity index is 3.67. The molecule has 472 valence electrons. The summed E-state index contributed by atoms with van der Waals surface area (Å²) >= 11 is 0. The van der Waals surface area contributed by atoms with E-state index in [-0.39, 0.29) is 72.7 Å². The Labute approximate surface area is 475 Å². The number of nitrogens with zero attached hydrogens (tertiary/aromatic N) is 3. The first-order valence-corrected chi connectivity index (χ1v) is 26.6. The second kappa shape index (κ2) is 47.8. The molecule has 0 aliphatic heterocycles. The first-order chi connectivity index (χ1) is 39.6. The monoisotopic (exact) mass is 1190 g/mol. The van der Waals surface area contributed by atoms with Gasteiger partial charge >= 0.3 is 47.8 Å². The molecule has 0 saturated carbocycles. The van der Waals surface area contributed by atoms with Gasteiger partial charge in [0.25, 0.3) is 0 Å². The Hall–Kier alpha value is -5.70. The van der Waals surface area contributed by atoms with Gasteiger partial charge in [-0.15, -0.1) is 5.10 Å². The van der Waals surface area contributed by atoms with Crippen molar-refractivity contribution in [1.82, 2.24) is 15.0 Å². The molecule has 1 aromatic rings. The summed E-state index contributed by atoms with van der Waals surface area (Å²) in [7, 11) is 0. The van der Waals surface area contributed by atoms with Gasteiger partial charge in [-0.3, -0.25) is 38.4 Å².